The minimum atomic E-state index is -0.123. The molecule has 0 bridgehead atoms. The summed E-state index contributed by atoms with van der Waals surface area (Å²) in [6, 6.07) is 7.20. The fourth-order valence-electron chi connectivity index (χ4n) is 4.42. The Morgan fingerprint density at radius 2 is 2.03 bits per heavy atom. The Hall–Kier alpha value is -3.20. The van der Waals surface area contributed by atoms with Crippen molar-refractivity contribution in [3.63, 3.8) is 0 Å². The summed E-state index contributed by atoms with van der Waals surface area (Å²) in [6.45, 7) is 2.86. The Morgan fingerprint density at radius 3 is 2.80 bits per heavy atom. The maximum atomic E-state index is 12.8. The van der Waals surface area contributed by atoms with Crippen molar-refractivity contribution in [2.45, 2.75) is 25.3 Å². The Labute approximate surface area is 173 Å². The highest BCUT2D eigenvalue weighted by atomic mass is 16.5. The van der Waals surface area contributed by atoms with Gasteiger partial charge in [0.05, 0.1) is 18.7 Å². The Balaban J connectivity index is 1.36. The molecule has 0 saturated carbocycles. The third kappa shape index (κ3) is 3.56. The molecule has 5 heterocycles. The second kappa shape index (κ2) is 7.91. The first-order valence-electron chi connectivity index (χ1n) is 10.1. The summed E-state index contributed by atoms with van der Waals surface area (Å²) >= 11 is 0. The second-order valence-electron chi connectivity index (χ2n) is 7.83. The number of nitrogens with one attached hydrogen (secondary N) is 1. The first-order chi connectivity index (χ1) is 14.7. The number of aromatic nitrogens is 3. The van der Waals surface area contributed by atoms with E-state index in [4.69, 9.17) is 13.6 Å². The van der Waals surface area contributed by atoms with E-state index in [-0.39, 0.29) is 17.4 Å². The largest absolute Gasteiger partial charge is 0.467 e. The van der Waals surface area contributed by atoms with E-state index < -0.39 is 0 Å². The summed E-state index contributed by atoms with van der Waals surface area (Å²) in [7, 11) is 0. The van der Waals surface area contributed by atoms with Gasteiger partial charge in [-0.1, -0.05) is 0 Å². The number of furan rings is 1. The van der Waals surface area contributed by atoms with E-state index in [1.807, 2.05) is 23.1 Å². The summed E-state index contributed by atoms with van der Waals surface area (Å²) in [5.41, 5.74) is 0.707. The third-order valence-corrected chi connectivity index (χ3v) is 6.08. The maximum absolute atomic E-state index is 12.8. The second-order valence-corrected chi connectivity index (χ2v) is 7.83. The molecular formula is C21H23N5O4. The number of carbonyl (C=O) groups excluding carboxylic acids is 1. The summed E-state index contributed by atoms with van der Waals surface area (Å²) in [4.78, 5) is 18.7. The van der Waals surface area contributed by atoms with Gasteiger partial charge in [0.1, 0.15) is 5.76 Å². The Bertz CT molecular complexity index is 982. The minimum Gasteiger partial charge on any atom is -0.467 e. The van der Waals surface area contributed by atoms with Gasteiger partial charge < -0.3 is 23.8 Å². The van der Waals surface area contributed by atoms with Gasteiger partial charge in [-0.15, -0.1) is 10.2 Å². The van der Waals surface area contributed by atoms with Crippen LogP contribution in [-0.2, 0) is 11.3 Å². The number of amides is 2. The van der Waals surface area contributed by atoms with E-state index in [2.05, 4.69) is 20.5 Å². The van der Waals surface area contributed by atoms with Crippen LogP contribution >= 0.6 is 0 Å². The Kier molecular flexibility index (Phi) is 4.96. The van der Waals surface area contributed by atoms with Gasteiger partial charge in [0, 0.05) is 49.7 Å². The molecule has 3 aromatic rings. The van der Waals surface area contributed by atoms with E-state index in [0.717, 1.165) is 24.2 Å². The molecule has 0 aromatic carbocycles. The number of carbonyl (C=O) groups is 1. The number of likely N-dealkylation sites (tertiary alicyclic amines) is 1. The maximum Gasteiger partial charge on any atom is 0.317 e. The van der Waals surface area contributed by atoms with E-state index in [0.29, 0.717) is 44.6 Å². The van der Waals surface area contributed by atoms with E-state index in [1.165, 1.54) is 0 Å². The Morgan fingerprint density at radius 1 is 1.20 bits per heavy atom. The molecule has 9 heteroatoms. The van der Waals surface area contributed by atoms with Crippen molar-refractivity contribution >= 4 is 6.03 Å². The standard InChI is InChI=1S/C21H23N5O4/c27-20(23-12-16-2-1-9-29-16)26-13-17(21(14-26)5-10-28-11-6-21)19-25-24-18(30-19)15-3-7-22-8-4-15/h1-4,7-9,17H,5-6,10-14H2,(H,23,27). The lowest BCUT2D eigenvalue weighted by molar-refractivity contribution is 0.0102. The molecule has 1 N–H and O–H groups in total. The highest BCUT2D eigenvalue weighted by molar-refractivity contribution is 5.74. The average Bonchev–Trinajstić information content (AvgIpc) is 3.54. The zero-order valence-corrected chi connectivity index (χ0v) is 16.5. The van der Waals surface area contributed by atoms with Gasteiger partial charge in [-0.3, -0.25) is 4.98 Å². The van der Waals surface area contributed by atoms with Crippen LogP contribution in [0, 0.1) is 5.41 Å². The molecule has 1 spiro atoms. The van der Waals surface area contributed by atoms with Crippen molar-refractivity contribution in [2.75, 3.05) is 26.3 Å². The minimum absolute atomic E-state index is 0.0288. The van der Waals surface area contributed by atoms with Crippen molar-refractivity contribution in [3.05, 3.63) is 54.6 Å². The number of hydrogen-bond acceptors (Lipinski definition) is 7. The topological polar surface area (TPSA) is 107 Å². The molecule has 0 aliphatic carbocycles. The van der Waals surface area contributed by atoms with Crippen LogP contribution in [0.5, 0.6) is 0 Å². The van der Waals surface area contributed by atoms with E-state index in [1.54, 1.807) is 24.7 Å². The number of nitrogens with zero attached hydrogens (tertiary/aromatic N) is 4. The predicted molar refractivity (Wildman–Crippen MR) is 105 cm³/mol. The highest BCUT2D eigenvalue weighted by Gasteiger charge is 2.51. The molecule has 30 heavy (non-hydrogen) atoms. The fourth-order valence-corrected chi connectivity index (χ4v) is 4.42. The monoisotopic (exact) mass is 409 g/mol. The summed E-state index contributed by atoms with van der Waals surface area (Å²) in [5.74, 6) is 1.73. The summed E-state index contributed by atoms with van der Waals surface area (Å²) in [5, 5.41) is 11.5. The number of ether oxygens (including phenoxy) is 1. The molecule has 2 fully saturated rings. The molecular weight excluding hydrogens is 386 g/mol. The molecule has 2 amide bonds. The molecule has 1 atom stereocenters. The predicted octanol–water partition coefficient (Wildman–Crippen LogP) is 2.83. The van der Waals surface area contributed by atoms with Crippen molar-refractivity contribution in [1.29, 1.82) is 0 Å². The van der Waals surface area contributed by atoms with Crippen molar-refractivity contribution in [1.82, 2.24) is 25.4 Å². The van der Waals surface area contributed by atoms with Crippen LogP contribution < -0.4 is 5.32 Å². The zero-order valence-electron chi connectivity index (χ0n) is 16.5. The van der Waals surface area contributed by atoms with Gasteiger partial charge >= 0.3 is 6.03 Å². The van der Waals surface area contributed by atoms with E-state index >= 15 is 0 Å². The van der Waals surface area contributed by atoms with E-state index in [9.17, 15) is 4.79 Å². The zero-order chi connectivity index (χ0) is 20.4. The molecule has 2 saturated heterocycles. The molecule has 0 radical (unpaired) electrons. The van der Waals surface area contributed by atoms with Gasteiger partial charge in [0.25, 0.3) is 0 Å². The number of hydrogen-bond donors (Lipinski definition) is 1. The molecule has 5 rings (SSSR count). The van der Waals surface area contributed by atoms with Gasteiger partial charge in [-0.25, -0.2) is 4.79 Å². The molecule has 2 aliphatic rings. The number of rotatable bonds is 4. The number of pyridine rings is 1. The fraction of sp³-hybridized carbons (Fsp3) is 0.429. The van der Waals surface area contributed by atoms with Crippen LogP contribution in [0.2, 0.25) is 0 Å². The molecule has 156 valence electrons. The quantitative estimate of drug-likeness (QED) is 0.706. The lowest BCUT2D eigenvalue weighted by Crippen LogP contribution is -2.41. The van der Waals surface area contributed by atoms with Crippen LogP contribution in [0.1, 0.15) is 30.4 Å². The average molecular weight is 409 g/mol. The van der Waals surface area contributed by atoms with Crippen LogP contribution in [0.4, 0.5) is 4.79 Å². The smallest absolute Gasteiger partial charge is 0.317 e. The number of urea groups is 1. The summed E-state index contributed by atoms with van der Waals surface area (Å²) < 4.78 is 17.0. The van der Waals surface area contributed by atoms with Crippen molar-refractivity contribution in [3.8, 4) is 11.5 Å². The van der Waals surface area contributed by atoms with Gasteiger partial charge in [0.2, 0.25) is 11.8 Å². The molecule has 2 aliphatic heterocycles. The van der Waals surface area contributed by atoms with Crippen molar-refractivity contribution in [2.24, 2.45) is 5.41 Å². The molecule has 9 nitrogen and oxygen atoms in total. The van der Waals surface area contributed by atoms with Crippen LogP contribution in [0.25, 0.3) is 11.5 Å². The third-order valence-electron chi connectivity index (χ3n) is 6.08. The van der Waals surface area contributed by atoms with Gasteiger partial charge in [-0.05, 0) is 37.1 Å². The normalized spacial score (nSPS) is 20.5. The first-order valence-corrected chi connectivity index (χ1v) is 10.1. The molecule has 1 unspecified atom stereocenters. The van der Waals surface area contributed by atoms with Crippen LogP contribution in [0.15, 0.2) is 51.8 Å². The lowest BCUT2D eigenvalue weighted by atomic mass is 9.72. The lowest BCUT2D eigenvalue weighted by Gasteiger charge is -2.36. The first kappa shape index (κ1) is 18.8. The highest BCUT2D eigenvalue weighted by Crippen LogP contribution is 2.49. The van der Waals surface area contributed by atoms with Crippen molar-refractivity contribution < 1.29 is 18.4 Å². The summed E-state index contributed by atoms with van der Waals surface area (Å²) in [6.07, 6.45) is 6.69. The van der Waals surface area contributed by atoms with Gasteiger partial charge in [-0.2, -0.15) is 0 Å². The SMILES string of the molecule is O=C(NCc1ccco1)N1CC(c2nnc(-c3ccncc3)o2)C2(CCOCC2)C1. The van der Waals surface area contributed by atoms with Crippen LogP contribution in [-0.4, -0.2) is 52.4 Å². The molecule has 3 aromatic heterocycles. The van der Waals surface area contributed by atoms with Crippen LogP contribution in [0.3, 0.4) is 0 Å². The van der Waals surface area contributed by atoms with Gasteiger partial charge in [0.15, 0.2) is 0 Å².